The highest BCUT2D eigenvalue weighted by Crippen LogP contribution is 2.17. The Bertz CT molecular complexity index is 402. The SMILES string of the molecule is C=N/C=C(F)\C=C(/C)c1ccc(N)cc1. The maximum absolute atomic E-state index is 13.0. The van der Waals surface area contributed by atoms with E-state index in [0.717, 1.165) is 17.3 Å². The number of nitrogens with two attached hydrogens (primary N) is 1. The number of hydrogen-bond donors (Lipinski definition) is 1. The van der Waals surface area contributed by atoms with Crippen LogP contribution in [0.15, 0.2) is 47.4 Å². The number of nitrogen functional groups attached to an aromatic ring is 1. The Morgan fingerprint density at radius 3 is 2.53 bits per heavy atom. The predicted octanol–water partition coefficient (Wildman–Crippen LogP) is 3.18. The van der Waals surface area contributed by atoms with Crippen LogP contribution in [0.2, 0.25) is 0 Å². The minimum Gasteiger partial charge on any atom is -0.399 e. The fraction of sp³-hybridized carbons (Fsp3) is 0.0833. The molecule has 15 heavy (non-hydrogen) atoms. The molecule has 0 radical (unpaired) electrons. The van der Waals surface area contributed by atoms with Crippen molar-refractivity contribution >= 4 is 18.0 Å². The average Bonchev–Trinajstić information content (AvgIpc) is 2.18. The number of halogens is 1. The summed E-state index contributed by atoms with van der Waals surface area (Å²) in [6.07, 6.45) is 2.47. The van der Waals surface area contributed by atoms with Crippen LogP contribution < -0.4 is 5.73 Å². The molecule has 3 heteroatoms. The molecule has 1 rings (SSSR count). The van der Waals surface area contributed by atoms with Crippen LogP contribution in [0.4, 0.5) is 10.1 Å². The second-order valence-electron chi connectivity index (χ2n) is 3.15. The van der Waals surface area contributed by atoms with E-state index in [4.69, 9.17) is 5.73 Å². The van der Waals surface area contributed by atoms with E-state index in [1.54, 1.807) is 12.1 Å². The van der Waals surface area contributed by atoms with Crippen molar-refractivity contribution < 1.29 is 4.39 Å². The summed E-state index contributed by atoms with van der Waals surface area (Å²) in [6.45, 7) is 5.00. The molecule has 0 amide bonds. The summed E-state index contributed by atoms with van der Waals surface area (Å²) in [4.78, 5) is 3.34. The van der Waals surface area contributed by atoms with Crippen molar-refractivity contribution in [2.24, 2.45) is 4.99 Å². The zero-order valence-corrected chi connectivity index (χ0v) is 8.57. The lowest BCUT2D eigenvalue weighted by atomic mass is 10.1. The van der Waals surface area contributed by atoms with Gasteiger partial charge in [0.05, 0.1) is 6.20 Å². The second kappa shape index (κ2) is 5.10. The van der Waals surface area contributed by atoms with Crippen molar-refractivity contribution in [2.45, 2.75) is 6.92 Å². The fourth-order valence-electron chi connectivity index (χ4n) is 1.16. The second-order valence-corrected chi connectivity index (χ2v) is 3.15. The van der Waals surface area contributed by atoms with Gasteiger partial charge in [-0.1, -0.05) is 12.1 Å². The number of aliphatic imine (C=N–C) groups is 1. The molecule has 0 aliphatic carbocycles. The molecule has 0 aliphatic rings. The van der Waals surface area contributed by atoms with Crippen LogP contribution in [0.1, 0.15) is 12.5 Å². The van der Waals surface area contributed by atoms with Gasteiger partial charge < -0.3 is 5.73 Å². The van der Waals surface area contributed by atoms with Crippen molar-refractivity contribution in [3.8, 4) is 0 Å². The summed E-state index contributed by atoms with van der Waals surface area (Å²) < 4.78 is 13.0. The highest BCUT2D eigenvalue weighted by molar-refractivity contribution is 5.67. The van der Waals surface area contributed by atoms with Crippen molar-refractivity contribution in [3.63, 3.8) is 0 Å². The summed E-state index contributed by atoms with van der Waals surface area (Å²) in [7, 11) is 0. The highest BCUT2D eigenvalue weighted by atomic mass is 19.1. The molecule has 0 unspecified atom stereocenters. The first kappa shape index (κ1) is 11.2. The summed E-state index contributed by atoms with van der Waals surface area (Å²) in [5, 5.41) is 0. The molecular formula is C12H13FN2. The van der Waals surface area contributed by atoms with Gasteiger partial charge in [-0.2, -0.15) is 0 Å². The molecule has 0 saturated carbocycles. The first-order valence-electron chi connectivity index (χ1n) is 4.49. The number of rotatable bonds is 3. The minimum absolute atomic E-state index is 0.417. The predicted molar refractivity (Wildman–Crippen MR) is 63.2 cm³/mol. The van der Waals surface area contributed by atoms with Gasteiger partial charge in [-0.25, -0.2) is 4.39 Å². The van der Waals surface area contributed by atoms with Gasteiger partial charge in [-0.3, -0.25) is 4.99 Å². The third-order valence-corrected chi connectivity index (χ3v) is 1.94. The normalized spacial score (nSPS) is 12.7. The molecule has 2 N–H and O–H groups in total. The summed E-state index contributed by atoms with van der Waals surface area (Å²) in [5.41, 5.74) is 7.98. The van der Waals surface area contributed by atoms with Crippen LogP contribution in [0.25, 0.3) is 5.57 Å². The van der Waals surface area contributed by atoms with Crippen LogP contribution in [-0.4, -0.2) is 6.72 Å². The summed E-state index contributed by atoms with van der Waals surface area (Å²) >= 11 is 0. The Kier molecular flexibility index (Phi) is 3.80. The van der Waals surface area contributed by atoms with E-state index in [2.05, 4.69) is 11.7 Å². The quantitative estimate of drug-likeness (QED) is 0.458. The van der Waals surface area contributed by atoms with E-state index in [1.165, 1.54) is 6.08 Å². The molecule has 0 heterocycles. The van der Waals surface area contributed by atoms with Gasteiger partial charge in [0.1, 0.15) is 5.83 Å². The molecule has 0 fully saturated rings. The van der Waals surface area contributed by atoms with Gasteiger partial charge in [0.15, 0.2) is 0 Å². The third kappa shape index (κ3) is 3.38. The average molecular weight is 204 g/mol. The molecule has 0 bridgehead atoms. The smallest absolute Gasteiger partial charge is 0.141 e. The Morgan fingerprint density at radius 2 is 2.00 bits per heavy atom. The summed E-state index contributed by atoms with van der Waals surface area (Å²) in [5.74, 6) is -0.417. The van der Waals surface area contributed by atoms with Gasteiger partial charge in [0, 0.05) is 5.69 Å². The Hall–Kier alpha value is -1.90. The number of allylic oxidation sites excluding steroid dienone is 3. The minimum atomic E-state index is -0.417. The third-order valence-electron chi connectivity index (χ3n) is 1.94. The van der Waals surface area contributed by atoms with Crippen LogP contribution in [-0.2, 0) is 0 Å². The molecule has 1 aromatic carbocycles. The van der Waals surface area contributed by atoms with Crippen LogP contribution in [0.5, 0.6) is 0 Å². The van der Waals surface area contributed by atoms with Crippen LogP contribution in [0, 0.1) is 0 Å². The van der Waals surface area contributed by atoms with Gasteiger partial charge in [0.2, 0.25) is 0 Å². The van der Waals surface area contributed by atoms with Crippen molar-refractivity contribution in [1.82, 2.24) is 0 Å². The standard InChI is InChI=1S/C12H13FN2/c1-9(7-11(13)8-15-2)10-3-5-12(14)6-4-10/h3-8H,2,14H2,1H3/b9-7+,11-8+. The first-order valence-corrected chi connectivity index (χ1v) is 4.49. The molecule has 78 valence electrons. The molecule has 2 nitrogen and oxygen atoms in total. The summed E-state index contributed by atoms with van der Waals surface area (Å²) in [6, 6.07) is 7.24. The number of hydrogen-bond acceptors (Lipinski definition) is 2. The molecule has 0 aliphatic heterocycles. The van der Waals surface area contributed by atoms with Gasteiger partial charge in [-0.15, -0.1) is 0 Å². The largest absolute Gasteiger partial charge is 0.399 e. The molecule has 0 saturated heterocycles. The van der Waals surface area contributed by atoms with E-state index < -0.39 is 5.83 Å². The Balaban J connectivity index is 2.93. The molecule has 0 atom stereocenters. The molecule has 1 aromatic rings. The highest BCUT2D eigenvalue weighted by Gasteiger charge is 1.96. The van der Waals surface area contributed by atoms with E-state index in [9.17, 15) is 4.39 Å². The molecule has 0 aromatic heterocycles. The van der Waals surface area contributed by atoms with E-state index in [-0.39, 0.29) is 0 Å². The van der Waals surface area contributed by atoms with Gasteiger partial charge >= 0.3 is 0 Å². The Morgan fingerprint density at radius 1 is 1.40 bits per heavy atom. The zero-order chi connectivity index (χ0) is 11.3. The van der Waals surface area contributed by atoms with E-state index in [1.807, 2.05) is 19.1 Å². The number of benzene rings is 1. The maximum atomic E-state index is 13.0. The number of nitrogens with zero attached hydrogens (tertiary/aromatic N) is 1. The maximum Gasteiger partial charge on any atom is 0.141 e. The lowest BCUT2D eigenvalue weighted by Crippen LogP contribution is -1.85. The first-order chi connectivity index (χ1) is 7.13. The van der Waals surface area contributed by atoms with Crippen LogP contribution >= 0.6 is 0 Å². The zero-order valence-electron chi connectivity index (χ0n) is 8.57. The fourth-order valence-corrected chi connectivity index (χ4v) is 1.16. The molecule has 0 spiro atoms. The lowest BCUT2D eigenvalue weighted by molar-refractivity contribution is 0.664. The van der Waals surface area contributed by atoms with E-state index >= 15 is 0 Å². The monoisotopic (exact) mass is 204 g/mol. The van der Waals surface area contributed by atoms with Crippen molar-refractivity contribution in [3.05, 3.63) is 47.9 Å². The van der Waals surface area contributed by atoms with Crippen LogP contribution in [0.3, 0.4) is 0 Å². The van der Waals surface area contributed by atoms with Crippen molar-refractivity contribution in [1.29, 1.82) is 0 Å². The Labute approximate surface area is 88.6 Å². The van der Waals surface area contributed by atoms with Gasteiger partial charge in [0.25, 0.3) is 0 Å². The topological polar surface area (TPSA) is 38.4 Å². The molecular weight excluding hydrogens is 191 g/mol. The number of anilines is 1. The lowest BCUT2D eigenvalue weighted by Gasteiger charge is -2.01. The van der Waals surface area contributed by atoms with Gasteiger partial charge in [-0.05, 0) is 43.0 Å². The van der Waals surface area contributed by atoms with Crippen molar-refractivity contribution in [2.75, 3.05) is 5.73 Å². The van der Waals surface area contributed by atoms with E-state index in [0.29, 0.717) is 5.69 Å².